The molecule has 16 heavy (non-hydrogen) atoms. The summed E-state index contributed by atoms with van der Waals surface area (Å²) in [7, 11) is 3.74. The highest BCUT2D eigenvalue weighted by atomic mass is 16.6. The van der Waals surface area contributed by atoms with E-state index in [1.54, 1.807) is 6.07 Å². The van der Waals surface area contributed by atoms with E-state index in [1.807, 2.05) is 51.9 Å². The second-order valence-electron chi connectivity index (χ2n) is 5.10. The summed E-state index contributed by atoms with van der Waals surface area (Å²) in [4.78, 5) is 12.6. The van der Waals surface area contributed by atoms with Gasteiger partial charge >= 0.3 is 0 Å². The molecule has 1 aromatic rings. The van der Waals surface area contributed by atoms with Crippen LogP contribution in [0.1, 0.15) is 26.3 Å². The molecule has 0 heterocycles. The first-order valence-corrected chi connectivity index (χ1v) is 5.19. The number of rotatable bonds is 2. The largest absolute Gasteiger partial charge is 0.377 e. The van der Waals surface area contributed by atoms with E-state index < -0.39 is 0 Å². The zero-order valence-electron chi connectivity index (χ0n) is 10.4. The number of benzene rings is 1. The van der Waals surface area contributed by atoms with Gasteiger partial charge in [0.25, 0.3) is 5.69 Å². The summed E-state index contributed by atoms with van der Waals surface area (Å²) in [6, 6.07) is 5.38. The van der Waals surface area contributed by atoms with Gasteiger partial charge in [-0.1, -0.05) is 20.8 Å². The molecule has 0 unspecified atom stereocenters. The van der Waals surface area contributed by atoms with Crippen LogP contribution in [0, 0.1) is 10.1 Å². The molecule has 0 spiro atoms. The van der Waals surface area contributed by atoms with Gasteiger partial charge in [-0.15, -0.1) is 0 Å². The molecular weight excluding hydrogens is 204 g/mol. The van der Waals surface area contributed by atoms with Gasteiger partial charge in [-0.05, 0) is 17.5 Å². The molecule has 4 heteroatoms. The van der Waals surface area contributed by atoms with E-state index in [9.17, 15) is 10.1 Å². The molecule has 0 radical (unpaired) electrons. The molecule has 0 amide bonds. The van der Waals surface area contributed by atoms with E-state index in [2.05, 4.69) is 0 Å². The third-order valence-electron chi connectivity index (χ3n) is 2.50. The molecule has 88 valence electrons. The maximum Gasteiger partial charge on any atom is 0.275 e. The summed E-state index contributed by atoms with van der Waals surface area (Å²) in [5.41, 5.74) is 1.59. The molecule has 0 N–H and O–H groups in total. The van der Waals surface area contributed by atoms with Crippen molar-refractivity contribution in [2.24, 2.45) is 0 Å². The molecular formula is C12H18N2O2. The predicted octanol–water partition coefficient (Wildman–Crippen LogP) is 2.96. The van der Waals surface area contributed by atoms with E-state index in [4.69, 9.17) is 0 Å². The maximum atomic E-state index is 11.0. The van der Waals surface area contributed by atoms with Gasteiger partial charge in [-0.25, -0.2) is 0 Å². The summed E-state index contributed by atoms with van der Waals surface area (Å²) in [5.74, 6) is 0. The Labute approximate surface area is 96.0 Å². The molecule has 0 saturated heterocycles. The lowest BCUT2D eigenvalue weighted by Crippen LogP contribution is -2.15. The maximum absolute atomic E-state index is 11.0. The number of hydrogen-bond donors (Lipinski definition) is 0. The minimum atomic E-state index is -0.312. The molecule has 0 atom stereocenters. The lowest BCUT2D eigenvalue weighted by atomic mass is 9.85. The van der Waals surface area contributed by atoms with Crippen LogP contribution in [0.25, 0.3) is 0 Å². The first-order valence-electron chi connectivity index (χ1n) is 5.19. The Morgan fingerprint density at radius 3 is 2.19 bits per heavy atom. The number of nitro groups is 1. The van der Waals surface area contributed by atoms with Gasteiger partial charge in [0.1, 0.15) is 0 Å². The Morgan fingerprint density at radius 1 is 1.25 bits per heavy atom. The van der Waals surface area contributed by atoms with E-state index >= 15 is 0 Å². The van der Waals surface area contributed by atoms with Crippen LogP contribution in [0.2, 0.25) is 0 Å². The van der Waals surface area contributed by atoms with Crippen molar-refractivity contribution in [3.05, 3.63) is 33.9 Å². The fourth-order valence-electron chi connectivity index (χ4n) is 1.58. The van der Waals surface area contributed by atoms with E-state index in [-0.39, 0.29) is 16.0 Å². The summed E-state index contributed by atoms with van der Waals surface area (Å²) in [6.07, 6.45) is 0. The zero-order chi connectivity index (χ0) is 12.5. The lowest BCUT2D eigenvalue weighted by Gasteiger charge is -2.20. The summed E-state index contributed by atoms with van der Waals surface area (Å²) < 4.78 is 0. The summed E-state index contributed by atoms with van der Waals surface area (Å²) >= 11 is 0. The van der Waals surface area contributed by atoms with Gasteiger partial charge in [0.05, 0.1) is 4.92 Å². The first-order chi connectivity index (χ1) is 7.23. The second-order valence-corrected chi connectivity index (χ2v) is 5.10. The van der Waals surface area contributed by atoms with Crippen LogP contribution in [-0.2, 0) is 5.41 Å². The number of hydrogen-bond acceptors (Lipinski definition) is 3. The zero-order valence-corrected chi connectivity index (χ0v) is 10.4. The fraction of sp³-hybridized carbons (Fsp3) is 0.500. The standard InChI is InChI=1S/C12H18N2O2/c1-12(2,3)10-7-6-9(13(4)5)8-11(10)14(15)16/h6-8H,1-5H3. The minimum absolute atomic E-state index is 0.193. The summed E-state index contributed by atoms with van der Waals surface area (Å²) in [6.45, 7) is 5.93. The van der Waals surface area contributed by atoms with E-state index in [0.29, 0.717) is 0 Å². The third kappa shape index (κ3) is 2.51. The van der Waals surface area contributed by atoms with Crippen molar-refractivity contribution in [1.29, 1.82) is 0 Å². The van der Waals surface area contributed by atoms with Crippen LogP contribution in [0.5, 0.6) is 0 Å². The van der Waals surface area contributed by atoms with Crippen molar-refractivity contribution in [2.45, 2.75) is 26.2 Å². The van der Waals surface area contributed by atoms with Gasteiger partial charge in [0.2, 0.25) is 0 Å². The van der Waals surface area contributed by atoms with Crippen molar-refractivity contribution in [3.8, 4) is 0 Å². The molecule has 0 aliphatic rings. The first kappa shape index (κ1) is 12.5. The lowest BCUT2D eigenvalue weighted by molar-refractivity contribution is -0.385. The van der Waals surface area contributed by atoms with Gasteiger partial charge in [0.15, 0.2) is 0 Å². The fourth-order valence-corrected chi connectivity index (χ4v) is 1.58. The number of nitro benzene ring substituents is 1. The SMILES string of the molecule is CN(C)c1ccc(C(C)(C)C)c([N+](=O)[O-])c1. The Morgan fingerprint density at radius 2 is 1.81 bits per heavy atom. The van der Waals surface area contributed by atoms with Gasteiger partial charge in [0, 0.05) is 31.4 Å². The molecule has 0 aromatic heterocycles. The van der Waals surface area contributed by atoms with Crippen molar-refractivity contribution in [3.63, 3.8) is 0 Å². The van der Waals surface area contributed by atoms with Gasteiger partial charge in [-0.2, -0.15) is 0 Å². The van der Waals surface area contributed by atoms with E-state index in [0.717, 1.165) is 11.3 Å². The van der Waals surface area contributed by atoms with Crippen LogP contribution in [-0.4, -0.2) is 19.0 Å². The quantitative estimate of drug-likeness (QED) is 0.571. The van der Waals surface area contributed by atoms with Crippen molar-refractivity contribution in [2.75, 3.05) is 19.0 Å². The van der Waals surface area contributed by atoms with E-state index in [1.165, 1.54) is 0 Å². The molecule has 4 nitrogen and oxygen atoms in total. The van der Waals surface area contributed by atoms with Crippen LogP contribution < -0.4 is 4.90 Å². The Kier molecular flexibility index (Phi) is 3.21. The minimum Gasteiger partial charge on any atom is -0.377 e. The van der Waals surface area contributed by atoms with Crippen LogP contribution in [0.3, 0.4) is 0 Å². The normalized spacial score (nSPS) is 11.3. The average molecular weight is 222 g/mol. The molecule has 0 aliphatic heterocycles. The van der Waals surface area contributed by atoms with Crippen LogP contribution in [0.15, 0.2) is 18.2 Å². The molecule has 1 aromatic carbocycles. The van der Waals surface area contributed by atoms with Crippen molar-refractivity contribution < 1.29 is 4.92 Å². The Balaban J connectivity index is 3.37. The van der Waals surface area contributed by atoms with Crippen molar-refractivity contribution >= 4 is 11.4 Å². The number of anilines is 1. The third-order valence-corrected chi connectivity index (χ3v) is 2.50. The highest BCUT2D eigenvalue weighted by Gasteiger charge is 2.25. The van der Waals surface area contributed by atoms with Crippen LogP contribution in [0.4, 0.5) is 11.4 Å². The van der Waals surface area contributed by atoms with Crippen molar-refractivity contribution in [1.82, 2.24) is 0 Å². The molecule has 0 aliphatic carbocycles. The molecule has 1 rings (SSSR count). The average Bonchev–Trinajstić information content (AvgIpc) is 2.15. The van der Waals surface area contributed by atoms with Gasteiger partial charge < -0.3 is 4.90 Å². The molecule has 0 fully saturated rings. The highest BCUT2D eigenvalue weighted by molar-refractivity contribution is 5.57. The highest BCUT2D eigenvalue weighted by Crippen LogP contribution is 2.33. The smallest absolute Gasteiger partial charge is 0.275 e. The van der Waals surface area contributed by atoms with Crippen LogP contribution >= 0.6 is 0 Å². The monoisotopic (exact) mass is 222 g/mol. The summed E-state index contributed by atoms with van der Waals surface area (Å²) in [5, 5.41) is 11.0. The predicted molar refractivity (Wildman–Crippen MR) is 66.1 cm³/mol. The topological polar surface area (TPSA) is 46.4 Å². The molecule has 0 saturated carbocycles. The Bertz CT molecular complexity index is 406. The second kappa shape index (κ2) is 4.12. The molecule has 0 bridgehead atoms. The van der Waals surface area contributed by atoms with Gasteiger partial charge in [-0.3, -0.25) is 10.1 Å². The number of nitrogens with zero attached hydrogens (tertiary/aromatic N) is 2. The Hall–Kier alpha value is -1.58.